The summed E-state index contributed by atoms with van der Waals surface area (Å²) in [6.45, 7) is 0. The zero-order valence-corrected chi connectivity index (χ0v) is 33.4. The van der Waals surface area contributed by atoms with Gasteiger partial charge in [0, 0.05) is 50.8 Å². The Hall–Kier alpha value is -8.69. The Morgan fingerprint density at radius 2 is 0.661 bits per heavy atom. The third-order valence-electron chi connectivity index (χ3n) is 10.9. The third kappa shape index (κ3) is 8.27. The maximum absolute atomic E-state index is 13.0. The minimum atomic E-state index is -0.224. The Morgan fingerprint density at radius 3 is 1.08 bits per heavy atom. The van der Waals surface area contributed by atoms with Gasteiger partial charge < -0.3 is 33.2 Å². The fourth-order valence-electron chi connectivity index (χ4n) is 7.52. The van der Waals surface area contributed by atoms with Crippen LogP contribution in [0, 0.1) is 0 Å². The summed E-state index contributed by atoms with van der Waals surface area (Å²) < 4.78 is 0. The molecule has 0 saturated carbocycles. The fourth-order valence-corrected chi connectivity index (χ4v) is 7.52. The lowest BCUT2D eigenvalue weighted by Gasteiger charge is -2.16. The first-order valence-electron chi connectivity index (χ1n) is 20.0. The minimum absolute atomic E-state index is 0.209. The third-order valence-corrected chi connectivity index (χ3v) is 10.9. The van der Waals surface area contributed by atoms with Crippen molar-refractivity contribution in [1.29, 1.82) is 0 Å². The summed E-state index contributed by atoms with van der Waals surface area (Å²) in [4.78, 5) is 38.7. The van der Waals surface area contributed by atoms with E-state index < -0.39 is 0 Å². The molecule has 0 spiro atoms. The quantitative estimate of drug-likeness (QED) is 0.0627. The maximum Gasteiger partial charge on any atom is 0.255 e. The Morgan fingerprint density at radius 1 is 0.306 bits per heavy atom. The summed E-state index contributed by atoms with van der Waals surface area (Å²) in [6, 6.07) is 59.0. The Bertz CT molecular complexity index is 3130. The van der Waals surface area contributed by atoms with E-state index >= 15 is 0 Å². The lowest BCUT2D eigenvalue weighted by molar-refractivity contribution is 0.101. The molecule has 9 aromatic rings. The second kappa shape index (κ2) is 16.5. The first kappa shape index (κ1) is 38.8. The minimum Gasteiger partial charge on any atom is -0.399 e. The van der Waals surface area contributed by atoms with Gasteiger partial charge in [0.15, 0.2) is 0 Å². The standard InChI is InChI=1S/C53H40N6O3/c54-42-16-3-35(4-17-42)51(60)57-45-22-9-32(10-23-45)38-15-28-48-41(29-38)30-40-2-1-39(33-11-24-46(25-12-33)58-52(61)36-5-18-43(55)19-6-36)31-49(40)50(48)34-13-26-47(27-14-34)59-53(62)37-7-20-44(56)21-8-37/h1-31H,54-56H2,(H,57,60)(H,58,61)(H,59,62). The predicted octanol–water partition coefficient (Wildman–Crippen LogP) is 11.5. The fraction of sp³-hybridized carbons (Fsp3) is 0. The molecule has 0 radical (unpaired) electrons. The molecule has 0 bridgehead atoms. The Balaban J connectivity index is 1.05. The molecule has 300 valence electrons. The second-order valence-electron chi connectivity index (χ2n) is 15.1. The molecular weight excluding hydrogens is 769 g/mol. The van der Waals surface area contributed by atoms with Crippen LogP contribution >= 0.6 is 0 Å². The number of carbonyl (C=O) groups excluding carboxylic acids is 3. The van der Waals surface area contributed by atoms with Crippen LogP contribution in [0.25, 0.3) is 54.9 Å². The molecule has 0 aliphatic heterocycles. The van der Waals surface area contributed by atoms with Crippen LogP contribution in [-0.4, -0.2) is 17.7 Å². The van der Waals surface area contributed by atoms with E-state index in [1.165, 1.54) is 0 Å². The lowest BCUT2D eigenvalue weighted by atomic mass is 9.89. The normalized spacial score (nSPS) is 11.0. The number of rotatable bonds is 9. The Labute approximate surface area is 357 Å². The summed E-state index contributed by atoms with van der Waals surface area (Å²) in [5, 5.41) is 13.2. The second-order valence-corrected chi connectivity index (χ2v) is 15.1. The molecule has 9 nitrogen and oxygen atoms in total. The van der Waals surface area contributed by atoms with E-state index in [4.69, 9.17) is 17.2 Å². The number of nitrogens with two attached hydrogens (primary N) is 3. The molecule has 0 aromatic heterocycles. The number of fused-ring (bicyclic) bond motifs is 2. The number of carbonyl (C=O) groups is 3. The number of anilines is 6. The van der Waals surface area contributed by atoms with Gasteiger partial charge in [0.25, 0.3) is 17.7 Å². The van der Waals surface area contributed by atoms with E-state index in [1.54, 1.807) is 72.8 Å². The molecule has 0 aliphatic rings. The molecule has 9 N–H and O–H groups in total. The summed E-state index contributed by atoms with van der Waals surface area (Å²) >= 11 is 0. The molecule has 0 saturated heterocycles. The molecule has 3 amide bonds. The van der Waals surface area contributed by atoms with Gasteiger partial charge >= 0.3 is 0 Å². The van der Waals surface area contributed by atoms with E-state index in [0.29, 0.717) is 50.8 Å². The summed E-state index contributed by atoms with van der Waals surface area (Å²) in [6.07, 6.45) is 0. The van der Waals surface area contributed by atoms with Crippen molar-refractivity contribution in [3.8, 4) is 33.4 Å². The monoisotopic (exact) mass is 808 g/mol. The van der Waals surface area contributed by atoms with E-state index in [-0.39, 0.29) is 17.7 Å². The van der Waals surface area contributed by atoms with Crippen LogP contribution in [0.5, 0.6) is 0 Å². The van der Waals surface area contributed by atoms with Crippen LogP contribution in [0.1, 0.15) is 31.1 Å². The first-order valence-corrected chi connectivity index (χ1v) is 20.0. The average Bonchev–Trinajstić information content (AvgIpc) is 3.29. The van der Waals surface area contributed by atoms with E-state index in [0.717, 1.165) is 54.9 Å². The van der Waals surface area contributed by atoms with E-state index in [2.05, 4.69) is 58.4 Å². The predicted molar refractivity (Wildman–Crippen MR) is 254 cm³/mol. The molecule has 0 heterocycles. The zero-order valence-electron chi connectivity index (χ0n) is 33.4. The van der Waals surface area contributed by atoms with Crippen LogP contribution in [0.3, 0.4) is 0 Å². The van der Waals surface area contributed by atoms with Gasteiger partial charge in [-0.1, -0.05) is 60.7 Å². The number of hydrogen-bond donors (Lipinski definition) is 6. The van der Waals surface area contributed by atoms with Crippen molar-refractivity contribution in [2.75, 3.05) is 33.2 Å². The maximum atomic E-state index is 13.0. The molecule has 0 unspecified atom stereocenters. The molecule has 9 aromatic carbocycles. The number of nitrogen functional groups attached to an aromatic ring is 3. The number of hydrogen-bond acceptors (Lipinski definition) is 6. The summed E-state index contributed by atoms with van der Waals surface area (Å²) in [5.74, 6) is -0.646. The van der Waals surface area contributed by atoms with Gasteiger partial charge in [-0.25, -0.2) is 0 Å². The van der Waals surface area contributed by atoms with Crippen molar-refractivity contribution in [2.45, 2.75) is 0 Å². The highest BCUT2D eigenvalue weighted by atomic mass is 16.2. The molecule has 0 atom stereocenters. The van der Waals surface area contributed by atoms with Gasteiger partial charge in [0.1, 0.15) is 0 Å². The molecule has 0 aliphatic carbocycles. The lowest BCUT2D eigenvalue weighted by Crippen LogP contribution is -2.11. The Kier molecular flexibility index (Phi) is 10.3. The van der Waals surface area contributed by atoms with Gasteiger partial charge in [0.2, 0.25) is 0 Å². The van der Waals surface area contributed by atoms with Crippen LogP contribution in [0.15, 0.2) is 188 Å². The molecule has 9 rings (SSSR count). The van der Waals surface area contributed by atoms with Crippen molar-refractivity contribution >= 4 is 73.4 Å². The highest BCUT2D eigenvalue weighted by molar-refractivity contribution is 6.14. The van der Waals surface area contributed by atoms with Crippen LogP contribution in [0.2, 0.25) is 0 Å². The number of nitrogens with one attached hydrogen (secondary N) is 3. The van der Waals surface area contributed by atoms with Gasteiger partial charge in [-0.05, 0) is 182 Å². The number of benzene rings is 9. The van der Waals surface area contributed by atoms with Crippen LogP contribution in [-0.2, 0) is 0 Å². The summed E-state index contributed by atoms with van der Waals surface area (Å²) in [7, 11) is 0. The van der Waals surface area contributed by atoms with Crippen molar-refractivity contribution in [2.24, 2.45) is 0 Å². The zero-order chi connectivity index (χ0) is 42.7. The van der Waals surface area contributed by atoms with Gasteiger partial charge in [-0.2, -0.15) is 0 Å². The van der Waals surface area contributed by atoms with Crippen molar-refractivity contribution in [3.63, 3.8) is 0 Å². The summed E-state index contributed by atoms with van der Waals surface area (Å²) in [5.41, 5.74) is 28.9. The largest absolute Gasteiger partial charge is 0.399 e. The van der Waals surface area contributed by atoms with Gasteiger partial charge in [0.05, 0.1) is 0 Å². The molecule has 62 heavy (non-hydrogen) atoms. The van der Waals surface area contributed by atoms with Crippen molar-refractivity contribution in [1.82, 2.24) is 0 Å². The van der Waals surface area contributed by atoms with Crippen molar-refractivity contribution < 1.29 is 14.4 Å². The van der Waals surface area contributed by atoms with Gasteiger partial charge in [-0.15, -0.1) is 0 Å². The van der Waals surface area contributed by atoms with Crippen molar-refractivity contribution in [3.05, 3.63) is 205 Å². The van der Waals surface area contributed by atoms with E-state index in [9.17, 15) is 14.4 Å². The van der Waals surface area contributed by atoms with Crippen LogP contribution < -0.4 is 33.2 Å². The molecule has 9 heteroatoms. The first-order chi connectivity index (χ1) is 30.1. The molecular formula is C53H40N6O3. The molecule has 0 fully saturated rings. The SMILES string of the molecule is Nc1ccc(C(=O)Nc2ccc(-c3ccc4c(-c5ccc(NC(=O)c6ccc(N)cc6)cc5)c5cc(-c6ccc(NC(=O)c7ccc(N)cc7)cc6)ccc5cc4c3)cc2)cc1. The smallest absolute Gasteiger partial charge is 0.255 e. The highest BCUT2D eigenvalue weighted by Gasteiger charge is 2.15. The number of amides is 3. The highest BCUT2D eigenvalue weighted by Crippen LogP contribution is 2.40. The van der Waals surface area contributed by atoms with Crippen LogP contribution in [0.4, 0.5) is 34.1 Å². The average molecular weight is 809 g/mol. The van der Waals surface area contributed by atoms with E-state index in [1.807, 2.05) is 72.8 Å². The topological polar surface area (TPSA) is 165 Å². The van der Waals surface area contributed by atoms with Gasteiger partial charge in [-0.3, -0.25) is 14.4 Å².